The average Bonchev–Trinajstić information content (AvgIpc) is 2.57. The molecule has 0 saturated heterocycles. The predicted octanol–water partition coefficient (Wildman–Crippen LogP) is 3.17. The Morgan fingerprint density at radius 2 is 1.62 bits per heavy atom. The van der Waals surface area contributed by atoms with Gasteiger partial charge in [-0.2, -0.15) is 0 Å². The molecule has 0 bridgehead atoms. The minimum Gasteiger partial charge on any atom is -0.493 e. The van der Waals surface area contributed by atoms with E-state index in [2.05, 4.69) is 5.32 Å². The van der Waals surface area contributed by atoms with Crippen LogP contribution in [0.25, 0.3) is 0 Å². The summed E-state index contributed by atoms with van der Waals surface area (Å²) in [5.41, 5.74) is 0.353. The first kappa shape index (κ1) is 17.5. The third-order valence-electron chi connectivity index (χ3n) is 3.29. The lowest BCUT2D eigenvalue weighted by molar-refractivity contribution is -0.115. The molecule has 1 N–H and O–H groups in total. The van der Waals surface area contributed by atoms with Crippen LogP contribution in [0.4, 0.5) is 14.5 Å². The van der Waals surface area contributed by atoms with Gasteiger partial charge in [-0.3, -0.25) is 4.79 Å². The van der Waals surface area contributed by atoms with Crippen molar-refractivity contribution in [3.8, 4) is 17.2 Å². The van der Waals surface area contributed by atoms with Crippen LogP contribution in [0.5, 0.6) is 17.2 Å². The Hall–Kier alpha value is -2.83. The van der Waals surface area contributed by atoms with E-state index in [-0.39, 0.29) is 12.1 Å². The standard InChI is InChI=1S/C17H17F2NO4/c1-22-14-6-10(7-15(23-2)17(14)24-3)8-16(21)20-13-9-11(18)4-5-12(13)19/h4-7,9H,8H2,1-3H3,(H,20,21). The van der Waals surface area contributed by atoms with Gasteiger partial charge in [-0.25, -0.2) is 8.78 Å². The first-order valence-corrected chi connectivity index (χ1v) is 7.02. The summed E-state index contributed by atoms with van der Waals surface area (Å²) in [7, 11) is 4.39. The Balaban J connectivity index is 2.21. The van der Waals surface area contributed by atoms with Crippen LogP contribution in [0.15, 0.2) is 30.3 Å². The normalized spacial score (nSPS) is 10.2. The Morgan fingerprint density at radius 3 is 2.17 bits per heavy atom. The summed E-state index contributed by atoms with van der Waals surface area (Å²) in [5, 5.41) is 2.34. The van der Waals surface area contributed by atoms with E-state index in [4.69, 9.17) is 14.2 Å². The van der Waals surface area contributed by atoms with Gasteiger partial charge in [0.1, 0.15) is 11.6 Å². The van der Waals surface area contributed by atoms with Crippen LogP contribution >= 0.6 is 0 Å². The highest BCUT2D eigenvalue weighted by Gasteiger charge is 2.15. The van der Waals surface area contributed by atoms with Crippen LogP contribution in [0, 0.1) is 11.6 Å². The zero-order valence-corrected chi connectivity index (χ0v) is 13.5. The van der Waals surface area contributed by atoms with Crippen molar-refractivity contribution in [2.24, 2.45) is 0 Å². The second-order valence-electron chi connectivity index (χ2n) is 4.88. The van der Waals surface area contributed by atoms with E-state index in [1.165, 1.54) is 21.3 Å². The van der Waals surface area contributed by atoms with Crippen molar-refractivity contribution in [2.45, 2.75) is 6.42 Å². The van der Waals surface area contributed by atoms with Gasteiger partial charge >= 0.3 is 0 Å². The molecule has 0 saturated carbocycles. The number of nitrogens with one attached hydrogen (secondary N) is 1. The third-order valence-corrected chi connectivity index (χ3v) is 3.29. The van der Waals surface area contributed by atoms with Gasteiger partial charge in [0.05, 0.1) is 33.4 Å². The molecule has 2 rings (SSSR count). The first-order valence-electron chi connectivity index (χ1n) is 7.02. The Bertz CT molecular complexity index is 724. The van der Waals surface area contributed by atoms with Crippen LogP contribution < -0.4 is 19.5 Å². The second-order valence-corrected chi connectivity index (χ2v) is 4.88. The van der Waals surface area contributed by atoms with Crippen LogP contribution in [-0.4, -0.2) is 27.2 Å². The lowest BCUT2D eigenvalue weighted by Gasteiger charge is -2.14. The van der Waals surface area contributed by atoms with E-state index in [1.54, 1.807) is 12.1 Å². The number of hydrogen-bond donors (Lipinski definition) is 1. The number of ether oxygens (including phenoxy) is 3. The molecular formula is C17H17F2NO4. The number of carbonyl (C=O) groups is 1. The fraction of sp³-hybridized carbons (Fsp3) is 0.235. The zero-order chi connectivity index (χ0) is 17.7. The fourth-order valence-electron chi connectivity index (χ4n) is 2.21. The van der Waals surface area contributed by atoms with E-state index in [1.807, 2.05) is 0 Å². The quantitative estimate of drug-likeness (QED) is 0.880. The molecule has 128 valence electrons. The molecule has 0 fully saturated rings. The maximum Gasteiger partial charge on any atom is 0.228 e. The Kier molecular flexibility index (Phi) is 5.57. The van der Waals surface area contributed by atoms with Crippen LogP contribution in [0.3, 0.4) is 0 Å². The molecule has 0 aliphatic heterocycles. The summed E-state index contributed by atoms with van der Waals surface area (Å²) >= 11 is 0. The molecule has 0 atom stereocenters. The maximum atomic E-state index is 13.6. The van der Waals surface area contributed by atoms with Crippen LogP contribution in [0.1, 0.15) is 5.56 Å². The molecule has 0 radical (unpaired) electrons. The minimum atomic E-state index is -0.713. The molecule has 0 unspecified atom stereocenters. The number of hydrogen-bond acceptors (Lipinski definition) is 4. The minimum absolute atomic E-state index is 0.0767. The molecule has 0 spiro atoms. The zero-order valence-electron chi connectivity index (χ0n) is 13.5. The van der Waals surface area contributed by atoms with Crippen LogP contribution in [-0.2, 0) is 11.2 Å². The highest BCUT2D eigenvalue weighted by atomic mass is 19.1. The number of halogens is 2. The van der Waals surface area contributed by atoms with Crippen molar-refractivity contribution in [1.82, 2.24) is 0 Å². The molecule has 24 heavy (non-hydrogen) atoms. The van der Waals surface area contributed by atoms with E-state index >= 15 is 0 Å². The van der Waals surface area contributed by atoms with Gasteiger partial charge in [-0.05, 0) is 29.8 Å². The Morgan fingerprint density at radius 1 is 1.00 bits per heavy atom. The van der Waals surface area contributed by atoms with Gasteiger partial charge in [0.2, 0.25) is 11.7 Å². The van der Waals surface area contributed by atoms with Crippen molar-refractivity contribution < 1.29 is 27.8 Å². The van der Waals surface area contributed by atoms with Crippen molar-refractivity contribution >= 4 is 11.6 Å². The summed E-state index contributed by atoms with van der Waals surface area (Å²) in [6, 6.07) is 6.07. The molecule has 2 aromatic carbocycles. The predicted molar refractivity (Wildman–Crippen MR) is 84.8 cm³/mol. The first-order chi connectivity index (χ1) is 11.5. The van der Waals surface area contributed by atoms with Gasteiger partial charge in [-0.15, -0.1) is 0 Å². The molecule has 1 amide bonds. The van der Waals surface area contributed by atoms with Gasteiger partial charge in [-0.1, -0.05) is 0 Å². The highest BCUT2D eigenvalue weighted by molar-refractivity contribution is 5.92. The molecule has 0 aliphatic rings. The molecular weight excluding hydrogens is 320 g/mol. The summed E-state index contributed by atoms with van der Waals surface area (Å²) in [5.74, 6) is -0.656. The van der Waals surface area contributed by atoms with Gasteiger partial charge < -0.3 is 19.5 Å². The number of carbonyl (C=O) groups excluding carboxylic acids is 1. The largest absolute Gasteiger partial charge is 0.493 e. The number of amides is 1. The number of anilines is 1. The maximum absolute atomic E-state index is 13.6. The molecule has 5 nitrogen and oxygen atoms in total. The summed E-state index contributed by atoms with van der Waals surface area (Å²) < 4.78 is 42.3. The lowest BCUT2D eigenvalue weighted by Crippen LogP contribution is -2.15. The molecule has 2 aromatic rings. The summed E-state index contributed by atoms with van der Waals surface area (Å²) in [6.07, 6.45) is -0.0767. The van der Waals surface area contributed by atoms with Crippen molar-refractivity contribution in [3.63, 3.8) is 0 Å². The smallest absolute Gasteiger partial charge is 0.228 e. The summed E-state index contributed by atoms with van der Waals surface area (Å²) in [4.78, 5) is 12.1. The van der Waals surface area contributed by atoms with Crippen LogP contribution in [0.2, 0.25) is 0 Å². The average molecular weight is 337 g/mol. The molecule has 0 aliphatic carbocycles. The number of rotatable bonds is 6. The molecule has 0 heterocycles. The SMILES string of the molecule is COc1cc(CC(=O)Nc2cc(F)ccc2F)cc(OC)c1OC. The number of methoxy groups -OCH3 is 3. The van der Waals surface area contributed by atoms with E-state index < -0.39 is 17.5 Å². The summed E-state index contributed by atoms with van der Waals surface area (Å²) in [6.45, 7) is 0. The van der Waals surface area contributed by atoms with Crippen molar-refractivity contribution in [1.29, 1.82) is 0 Å². The lowest BCUT2D eigenvalue weighted by atomic mass is 10.1. The van der Waals surface area contributed by atoms with Crippen molar-refractivity contribution in [3.05, 3.63) is 47.5 Å². The van der Waals surface area contributed by atoms with Gasteiger partial charge in [0, 0.05) is 6.07 Å². The second kappa shape index (κ2) is 7.63. The monoisotopic (exact) mass is 337 g/mol. The van der Waals surface area contributed by atoms with E-state index in [0.717, 1.165) is 18.2 Å². The highest BCUT2D eigenvalue weighted by Crippen LogP contribution is 2.38. The third kappa shape index (κ3) is 3.92. The fourth-order valence-corrected chi connectivity index (χ4v) is 2.21. The van der Waals surface area contributed by atoms with Crippen molar-refractivity contribution in [2.75, 3.05) is 26.6 Å². The van der Waals surface area contributed by atoms with E-state index in [0.29, 0.717) is 22.8 Å². The molecule has 0 aromatic heterocycles. The number of benzene rings is 2. The molecule has 7 heteroatoms. The Labute approximate surface area is 138 Å². The van der Waals surface area contributed by atoms with Gasteiger partial charge in [0.25, 0.3) is 0 Å². The van der Waals surface area contributed by atoms with Gasteiger partial charge in [0.15, 0.2) is 11.5 Å². The topological polar surface area (TPSA) is 56.8 Å². The van der Waals surface area contributed by atoms with E-state index in [9.17, 15) is 13.6 Å².